The summed E-state index contributed by atoms with van der Waals surface area (Å²) in [7, 11) is 2.75. The van der Waals surface area contributed by atoms with Crippen molar-refractivity contribution in [2.45, 2.75) is 32.8 Å². The highest BCUT2D eigenvalue weighted by atomic mass is 16.5. The van der Waals surface area contributed by atoms with E-state index in [1.807, 2.05) is 6.92 Å². The van der Waals surface area contributed by atoms with Gasteiger partial charge in [0.25, 0.3) is 0 Å². The molecule has 2 unspecified atom stereocenters. The molecule has 0 spiro atoms. The van der Waals surface area contributed by atoms with Crippen LogP contribution < -0.4 is 0 Å². The number of Topliss-reactive ketones (excluding diaryl/α,β-unsaturated/α-hetero) is 1. The van der Waals surface area contributed by atoms with Crippen molar-refractivity contribution in [3.05, 3.63) is 0 Å². The van der Waals surface area contributed by atoms with Crippen LogP contribution in [0.25, 0.3) is 0 Å². The Morgan fingerprint density at radius 2 is 1.86 bits per heavy atom. The zero-order chi connectivity index (χ0) is 11.1. The van der Waals surface area contributed by atoms with Crippen LogP contribution in [0.2, 0.25) is 0 Å². The van der Waals surface area contributed by atoms with Gasteiger partial charge >= 0.3 is 5.97 Å². The molecule has 0 radical (unpaired) electrons. The average Bonchev–Trinajstić information content (AvgIpc) is 2.22. The van der Waals surface area contributed by atoms with Gasteiger partial charge < -0.3 is 9.47 Å². The lowest BCUT2D eigenvalue weighted by molar-refractivity contribution is -0.151. The quantitative estimate of drug-likeness (QED) is 0.479. The Labute approximate surface area is 84.6 Å². The standard InChI is InChI=1S/C10H18O4/c1-5-6-8(13-3)9(11)7(2)10(12)14-4/h7-8H,5-6H2,1-4H3. The van der Waals surface area contributed by atoms with Crippen LogP contribution in [0, 0.1) is 5.92 Å². The minimum atomic E-state index is -0.739. The second-order valence-corrected chi connectivity index (χ2v) is 3.16. The molecule has 0 saturated heterocycles. The molecule has 0 bridgehead atoms. The largest absolute Gasteiger partial charge is 0.468 e. The van der Waals surface area contributed by atoms with Crippen molar-refractivity contribution in [3.63, 3.8) is 0 Å². The maximum absolute atomic E-state index is 11.6. The first-order valence-electron chi connectivity index (χ1n) is 4.72. The summed E-state index contributed by atoms with van der Waals surface area (Å²) >= 11 is 0. The molecule has 4 nitrogen and oxygen atoms in total. The first-order valence-corrected chi connectivity index (χ1v) is 4.72. The maximum Gasteiger partial charge on any atom is 0.316 e. The summed E-state index contributed by atoms with van der Waals surface area (Å²) in [4.78, 5) is 22.7. The Hall–Kier alpha value is -0.900. The van der Waals surface area contributed by atoms with Crippen LogP contribution in [0.15, 0.2) is 0 Å². The number of ether oxygens (including phenoxy) is 2. The van der Waals surface area contributed by atoms with Crippen LogP contribution in [0.5, 0.6) is 0 Å². The number of esters is 1. The lowest BCUT2D eigenvalue weighted by Gasteiger charge is -2.16. The van der Waals surface area contributed by atoms with E-state index in [0.29, 0.717) is 6.42 Å². The molecule has 0 aromatic heterocycles. The van der Waals surface area contributed by atoms with Crippen LogP contribution in [-0.2, 0) is 19.1 Å². The molecule has 82 valence electrons. The van der Waals surface area contributed by atoms with E-state index in [4.69, 9.17) is 4.74 Å². The summed E-state index contributed by atoms with van der Waals surface area (Å²) in [6.07, 6.45) is 0.989. The molecule has 0 aromatic rings. The molecule has 0 saturated carbocycles. The summed E-state index contributed by atoms with van der Waals surface area (Å²) in [6.45, 7) is 3.50. The molecule has 0 rings (SSSR count). The topological polar surface area (TPSA) is 52.6 Å². The predicted octanol–water partition coefficient (Wildman–Crippen LogP) is 1.18. The van der Waals surface area contributed by atoms with Gasteiger partial charge in [0.1, 0.15) is 12.0 Å². The number of carbonyl (C=O) groups excluding carboxylic acids is 2. The molecule has 0 amide bonds. The molecule has 14 heavy (non-hydrogen) atoms. The van der Waals surface area contributed by atoms with Gasteiger partial charge in [0.2, 0.25) is 0 Å². The number of methoxy groups -OCH3 is 2. The van der Waals surface area contributed by atoms with Crippen molar-refractivity contribution in [2.24, 2.45) is 5.92 Å². The Morgan fingerprint density at radius 3 is 2.21 bits per heavy atom. The molecule has 0 aromatic carbocycles. The Bertz CT molecular complexity index is 200. The van der Waals surface area contributed by atoms with E-state index in [9.17, 15) is 9.59 Å². The zero-order valence-corrected chi connectivity index (χ0v) is 9.20. The van der Waals surface area contributed by atoms with Crippen molar-refractivity contribution in [2.75, 3.05) is 14.2 Å². The van der Waals surface area contributed by atoms with Crippen molar-refractivity contribution in [1.29, 1.82) is 0 Å². The second kappa shape index (κ2) is 6.54. The predicted molar refractivity (Wildman–Crippen MR) is 51.9 cm³/mol. The number of hydrogen-bond donors (Lipinski definition) is 0. The third-order valence-electron chi connectivity index (χ3n) is 2.13. The zero-order valence-electron chi connectivity index (χ0n) is 9.20. The molecule has 0 heterocycles. The van der Waals surface area contributed by atoms with Gasteiger partial charge in [-0.05, 0) is 13.3 Å². The molecule has 4 heteroatoms. The molecule has 0 aliphatic carbocycles. The van der Waals surface area contributed by atoms with E-state index in [0.717, 1.165) is 6.42 Å². The highest BCUT2D eigenvalue weighted by Gasteiger charge is 2.28. The molecule has 0 N–H and O–H groups in total. The first-order chi connectivity index (χ1) is 6.58. The van der Waals surface area contributed by atoms with E-state index in [1.54, 1.807) is 0 Å². The van der Waals surface area contributed by atoms with E-state index >= 15 is 0 Å². The minimum absolute atomic E-state index is 0.207. The molecule has 2 atom stereocenters. The summed E-state index contributed by atoms with van der Waals surface area (Å²) in [5, 5.41) is 0. The first kappa shape index (κ1) is 13.1. The van der Waals surface area contributed by atoms with Crippen LogP contribution >= 0.6 is 0 Å². The average molecular weight is 202 g/mol. The van der Waals surface area contributed by atoms with Crippen LogP contribution in [0.1, 0.15) is 26.7 Å². The van der Waals surface area contributed by atoms with Gasteiger partial charge in [0.05, 0.1) is 7.11 Å². The molecule has 0 aliphatic rings. The summed E-state index contributed by atoms with van der Waals surface area (Å²) in [5.74, 6) is -1.45. The van der Waals surface area contributed by atoms with Crippen LogP contribution in [0.3, 0.4) is 0 Å². The van der Waals surface area contributed by atoms with Gasteiger partial charge in [0.15, 0.2) is 5.78 Å². The Kier molecular flexibility index (Phi) is 6.12. The fourth-order valence-corrected chi connectivity index (χ4v) is 1.21. The number of rotatable bonds is 6. The minimum Gasteiger partial charge on any atom is -0.468 e. The van der Waals surface area contributed by atoms with Gasteiger partial charge in [0, 0.05) is 7.11 Å². The van der Waals surface area contributed by atoms with E-state index in [1.165, 1.54) is 21.1 Å². The number of ketones is 1. The van der Waals surface area contributed by atoms with E-state index in [-0.39, 0.29) is 5.78 Å². The van der Waals surface area contributed by atoms with E-state index < -0.39 is 18.0 Å². The van der Waals surface area contributed by atoms with Crippen LogP contribution in [0.4, 0.5) is 0 Å². The van der Waals surface area contributed by atoms with Gasteiger partial charge in [-0.3, -0.25) is 9.59 Å². The fourth-order valence-electron chi connectivity index (χ4n) is 1.21. The van der Waals surface area contributed by atoms with Crippen molar-refractivity contribution in [1.82, 2.24) is 0 Å². The lowest BCUT2D eigenvalue weighted by atomic mass is 9.99. The third-order valence-corrected chi connectivity index (χ3v) is 2.13. The normalized spacial score (nSPS) is 14.6. The Morgan fingerprint density at radius 1 is 1.29 bits per heavy atom. The van der Waals surface area contributed by atoms with Gasteiger partial charge in [-0.25, -0.2) is 0 Å². The Balaban J connectivity index is 4.33. The molecular weight excluding hydrogens is 184 g/mol. The smallest absolute Gasteiger partial charge is 0.316 e. The maximum atomic E-state index is 11.6. The molecule has 0 aliphatic heterocycles. The van der Waals surface area contributed by atoms with Crippen molar-refractivity contribution in [3.8, 4) is 0 Å². The summed E-state index contributed by atoms with van der Waals surface area (Å²) in [5.41, 5.74) is 0. The van der Waals surface area contributed by atoms with Gasteiger partial charge in [-0.15, -0.1) is 0 Å². The van der Waals surface area contributed by atoms with Gasteiger partial charge in [-0.2, -0.15) is 0 Å². The monoisotopic (exact) mass is 202 g/mol. The third kappa shape index (κ3) is 3.46. The number of carbonyl (C=O) groups is 2. The van der Waals surface area contributed by atoms with Crippen molar-refractivity contribution < 1.29 is 19.1 Å². The molecule has 0 fully saturated rings. The van der Waals surface area contributed by atoms with Crippen molar-refractivity contribution >= 4 is 11.8 Å². The highest BCUT2D eigenvalue weighted by Crippen LogP contribution is 2.10. The second-order valence-electron chi connectivity index (χ2n) is 3.16. The van der Waals surface area contributed by atoms with E-state index in [2.05, 4.69) is 4.74 Å². The summed E-state index contributed by atoms with van der Waals surface area (Å²) in [6, 6.07) is 0. The molecular formula is C10H18O4. The van der Waals surface area contributed by atoms with Crippen LogP contribution in [-0.4, -0.2) is 32.1 Å². The SMILES string of the molecule is CCCC(OC)C(=O)C(C)C(=O)OC. The number of hydrogen-bond acceptors (Lipinski definition) is 4. The highest BCUT2D eigenvalue weighted by molar-refractivity contribution is 6.00. The fraction of sp³-hybridized carbons (Fsp3) is 0.800. The summed E-state index contributed by atoms with van der Waals surface area (Å²) < 4.78 is 9.50. The lowest BCUT2D eigenvalue weighted by Crippen LogP contribution is -2.33. The van der Waals surface area contributed by atoms with Gasteiger partial charge in [-0.1, -0.05) is 13.3 Å².